The molecular formula is C12H12N2O. The first-order valence-electron chi connectivity index (χ1n) is 5.02. The topological polar surface area (TPSA) is 49.8 Å². The SMILES string of the molecule is Cc1ccc2oc(CCCC#N)nc2c1. The van der Waals surface area contributed by atoms with Gasteiger partial charge in [0.1, 0.15) is 5.52 Å². The van der Waals surface area contributed by atoms with Gasteiger partial charge in [0.25, 0.3) is 0 Å². The highest BCUT2D eigenvalue weighted by atomic mass is 16.3. The van der Waals surface area contributed by atoms with Crippen molar-refractivity contribution in [3.05, 3.63) is 29.7 Å². The first-order chi connectivity index (χ1) is 7.29. The second-order valence-corrected chi connectivity index (χ2v) is 3.59. The van der Waals surface area contributed by atoms with Crippen molar-refractivity contribution in [2.24, 2.45) is 0 Å². The van der Waals surface area contributed by atoms with Crippen molar-refractivity contribution in [2.45, 2.75) is 26.2 Å². The minimum absolute atomic E-state index is 0.553. The molecule has 15 heavy (non-hydrogen) atoms. The van der Waals surface area contributed by atoms with Gasteiger partial charge in [-0.1, -0.05) is 6.07 Å². The van der Waals surface area contributed by atoms with E-state index in [1.165, 1.54) is 5.56 Å². The van der Waals surface area contributed by atoms with Crippen LogP contribution in [0.15, 0.2) is 22.6 Å². The number of nitriles is 1. The van der Waals surface area contributed by atoms with Crippen LogP contribution in [0.1, 0.15) is 24.3 Å². The number of hydrogen-bond donors (Lipinski definition) is 0. The van der Waals surface area contributed by atoms with Crippen LogP contribution >= 0.6 is 0 Å². The summed E-state index contributed by atoms with van der Waals surface area (Å²) in [5.74, 6) is 0.728. The third-order valence-corrected chi connectivity index (χ3v) is 2.27. The monoisotopic (exact) mass is 200 g/mol. The number of oxazole rings is 1. The first kappa shape index (κ1) is 9.72. The van der Waals surface area contributed by atoms with Gasteiger partial charge in [-0.2, -0.15) is 5.26 Å². The van der Waals surface area contributed by atoms with Crippen molar-refractivity contribution in [1.29, 1.82) is 5.26 Å². The number of aryl methyl sites for hydroxylation is 2. The number of unbranched alkanes of at least 4 members (excludes halogenated alkanes) is 1. The van der Waals surface area contributed by atoms with E-state index in [9.17, 15) is 0 Å². The number of hydrogen-bond acceptors (Lipinski definition) is 3. The third kappa shape index (κ3) is 2.16. The molecule has 0 aliphatic rings. The molecule has 3 nitrogen and oxygen atoms in total. The smallest absolute Gasteiger partial charge is 0.195 e. The molecule has 0 N–H and O–H groups in total. The zero-order valence-electron chi connectivity index (χ0n) is 8.66. The fraction of sp³-hybridized carbons (Fsp3) is 0.333. The van der Waals surface area contributed by atoms with Gasteiger partial charge in [0, 0.05) is 12.8 Å². The summed E-state index contributed by atoms with van der Waals surface area (Å²) in [6, 6.07) is 8.06. The highest BCUT2D eigenvalue weighted by Gasteiger charge is 2.04. The van der Waals surface area contributed by atoms with E-state index in [0.717, 1.165) is 29.8 Å². The molecule has 0 saturated carbocycles. The Kier molecular flexibility index (Phi) is 2.68. The number of aromatic nitrogens is 1. The molecule has 2 aromatic rings. The van der Waals surface area contributed by atoms with Gasteiger partial charge in [-0.3, -0.25) is 0 Å². The first-order valence-corrected chi connectivity index (χ1v) is 5.02. The van der Waals surface area contributed by atoms with Crippen molar-refractivity contribution in [3.8, 4) is 6.07 Å². The fourth-order valence-electron chi connectivity index (χ4n) is 1.51. The summed E-state index contributed by atoms with van der Waals surface area (Å²) in [5, 5.41) is 8.42. The molecule has 76 valence electrons. The van der Waals surface area contributed by atoms with Gasteiger partial charge in [0.15, 0.2) is 11.5 Å². The number of nitrogens with zero attached hydrogens (tertiary/aromatic N) is 2. The lowest BCUT2D eigenvalue weighted by atomic mass is 10.2. The van der Waals surface area contributed by atoms with Gasteiger partial charge in [0.2, 0.25) is 0 Å². The summed E-state index contributed by atoms with van der Waals surface area (Å²) < 4.78 is 5.55. The molecule has 1 aromatic heterocycles. The molecule has 2 rings (SSSR count). The maximum Gasteiger partial charge on any atom is 0.195 e. The summed E-state index contributed by atoms with van der Waals surface area (Å²) in [5.41, 5.74) is 2.91. The van der Waals surface area contributed by atoms with Crippen LogP contribution in [0.5, 0.6) is 0 Å². The van der Waals surface area contributed by atoms with E-state index in [0.29, 0.717) is 6.42 Å². The lowest BCUT2D eigenvalue weighted by molar-refractivity contribution is 0.521. The average Bonchev–Trinajstić information content (AvgIpc) is 2.60. The Balaban J connectivity index is 2.20. The Bertz CT molecular complexity index is 508. The van der Waals surface area contributed by atoms with Gasteiger partial charge in [-0.05, 0) is 31.0 Å². The van der Waals surface area contributed by atoms with Crippen molar-refractivity contribution < 1.29 is 4.42 Å². The maximum atomic E-state index is 8.42. The molecule has 0 amide bonds. The summed E-state index contributed by atoms with van der Waals surface area (Å²) >= 11 is 0. The van der Waals surface area contributed by atoms with Crippen molar-refractivity contribution in [1.82, 2.24) is 4.98 Å². The van der Waals surface area contributed by atoms with Crippen LogP contribution in [0, 0.1) is 18.3 Å². The molecule has 1 aromatic carbocycles. The van der Waals surface area contributed by atoms with E-state index in [2.05, 4.69) is 11.1 Å². The minimum Gasteiger partial charge on any atom is -0.441 e. The van der Waals surface area contributed by atoms with Gasteiger partial charge in [-0.15, -0.1) is 0 Å². The van der Waals surface area contributed by atoms with Crippen LogP contribution in [0.25, 0.3) is 11.1 Å². The van der Waals surface area contributed by atoms with Crippen LogP contribution in [0.3, 0.4) is 0 Å². The van der Waals surface area contributed by atoms with Gasteiger partial charge >= 0.3 is 0 Å². The van der Waals surface area contributed by atoms with E-state index < -0.39 is 0 Å². The average molecular weight is 200 g/mol. The Morgan fingerprint density at radius 1 is 1.47 bits per heavy atom. The number of benzene rings is 1. The van der Waals surface area contributed by atoms with E-state index in [1.807, 2.05) is 25.1 Å². The Morgan fingerprint density at radius 2 is 2.33 bits per heavy atom. The highest BCUT2D eigenvalue weighted by Crippen LogP contribution is 2.17. The molecule has 0 aliphatic carbocycles. The molecule has 0 aliphatic heterocycles. The largest absolute Gasteiger partial charge is 0.441 e. The lowest BCUT2D eigenvalue weighted by Gasteiger charge is -1.88. The molecule has 0 spiro atoms. The molecular weight excluding hydrogens is 188 g/mol. The Hall–Kier alpha value is -1.82. The van der Waals surface area contributed by atoms with Crippen molar-refractivity contribution >= 4 is 11.1 Å². The summed E-state index contributed by atoms with van der Waals surface area (Å²) in [6.07, 6.45) is 2.10. The van der Waals surface area contributed by atoms with Crippen molar-refractivity contribution in [3.63, 3.8) is 0 Å². The summed E-state index contributed by atoms with van der Waals surface area (Å²) in [6.45, 7) is 2.03. The molecule has 0 unspecified atom stereocenters. The molecule has 0 bridgehead atoms. The summed E-state index contributed by atoms with van der Waals surface area (Å²) in [4.78, 5) is 4.37. The minimum atomic E-state index is 0.553. The fourth-order valence-corrected chi connectivity index (χ4v) is 1.51. The summed E-state index contributed by atoms with van der Waals surface area (Å²) in [7, 11) is 0. The number of rotatable bonds is 3. The lowest BCUT2D eigenvalue weighted by Crippen LogP contribution is -1.83. The number of fused-ring (bicyclic) bond motifs is 1. The zero-order valence-corrected chi connectivity index (χ0v) is 8.66. The van der Waals surface area contributed by atoms with Gasteiger partial charge < -0.3 is 4.42 Å². The molecule has 0 atom stereocenters. The van der Waals surface area contributed by atoms with Crippen LogP contribution < -0.4 is 0 Å². The normalized spacial score (nSPS) is 10.4. The van der Waals surface area contributed by atoms with Crippen LogP contribution in [0.2, 0.25) is 0 Å². The van der Waals surface area contributed by atoms with E-state index in [4.69, 9.17) is 9.68 Å². The molecule has 0 fully saturated rings. The quantitative estimate of drug-likeness (QED) is 0.715. The standard InChI is InChI=1S/C12H12N2O/c1-9-5-6-11-10(8-9)14-12(15-11)4-2-3-7-13/h5-6,8H,2-4H2,1H3. The van der Waals surface area contributed by atoms with Crippen LogP contribution in [-0.4, -0.2) is 4.98 Å². The highest BCUT2D eigenvalue weighted by molar-refractivity contribution is 5.73. The van der Waals surface area contributed by atoms with Crippen LogP contribution in [0.4, 0.5) is 0 Å². The predicted octanol–water partition coefficient (Wildman–Crippen LogP) is 2.98. The van der Waals surface area contributed by atoms with E-state index in [1.54, 1.807) is 0 Å². The van der Waals surface area contributed by atoms with E-state index >= 15 is 0 Å². The third-order valence-electron chi connectivity index (χ3n) is 2.27. The molecule has 1 heterocycles. The Morgan fingerprint density at radius 3 is 3.13 bits per heavy atom. The maximum absolute atomic E-state index is 8.42. The predicted molar refractivity (Wildman–Crippen MR) is 57.3 cm³/mol. The molecule has 0 saturated heterocycles. The van der Waals surface area contributed by atoms with Crippen molar-refractivity contribution in [2.75, 3.05) is 0 Å². The molecule has 0 radical (unpaired) electrons. The second-order valence-electron chi connectivity index (χ2n) is 3.59. The van der Waals surface area contributed by atoms with Crippen LogP contribution in [-0.2, 0) is 6.42 Å². The second kappa shape index (κ2) is 4.14. The van der Waals surface area contributed by atoms with Gasteiger partial charge in [-0.25, -0.2) is 4.98 Å². The van der Waals surface area contributed by atoms with E-state index in [-0.39, 0.29) is 0 Å². The molecule has 3 heteroatoms. The zero-order chi connectivity index (χ0) is 10.7. The Labute approximate surface area is 88.3 Å². The van der Waals surface area contributed by atoms with Gasteiger partial charge in [0.05, 0.1) is 6.07 Å².